The minimum atomic E-state index is -0.717. The first-order valence-electron chi connectivity index (χ1n) is 6.30. The summed E-state index contributed by atoms with van der Waals surface area (Å²) in [5.41, 5.74) is 1.09. The van der Waals surface area contributed by atoms with Crippen LogP contribution in [0.3, 0.4) is 0 Å². The highest BCUT2D eigenvalue weighted by Gasteiger charge is 2.17. The van der Waals surface area contributed by atoms with Gasteiger partial charge in [-0.25, -0.2) is 0 Å². The maximum Gasteiger partial charge on any atom is 0.304 e. The summed E-state index contributed by atoms with van der Waals surface area (Å²) >= 11 is 0. The Morgan fingerprint density at radius 1 is 1.21 bits per heavy atom. The summed E-state index contributed by atoms with van der Waals surface area (Å²) in [6.07, 6.45) is 2.05. The third-order valence-electron chi connectivity index (χ3n) is 3.22. The predicted octanol–water partition coefficient (Wildman–Crippen LogP) is 1.10. The van der Waals surface area contributed by atoms with Crippen molar-refractivity contribution in [3.63, 3.8) is 0 Å². The van der Waals surface area contributed by atoms with Crippen LogP contribution < -0.4 is 0 Å². The van der Waals surface area contributed by atoms with Crippen LogP contribution >= 0.6 is 12.4 Å². The Kier molecular flexibility index (Phi) is 6.77. The number of aromatic nitrogens is 1. The van der Waals surface area contributed by atoms with Crippen molar-refractivity contribution >= 4 is 18.4 Å². The molecule has 0 atom stereocenters. The largest absolute Gasteiger partial charge is 0.481 e. The lowest BCUT2D eigenvalue weighted by atomic mass is 10.2. The van der Waals surface area contributed by atoms with E-state index in [0.717, 1.165) is 38.4 Å². The Labute approximate surface area is 119 Å². The molecule has 1 aromatic heterocycles. The number of hydrogen-bond donors (Lipinski definition) is 1. The zero-order valence-electron chi connectivity index (χ0n) is 10.9. The van der Waals surface area contributed by atoms with Crippen molar-refractivity contribution < 1.29 is 9.90 Å². The van der Waals surface area contributed by atoms with Crippen LogP contribution in [0, 0.1) is 0 Å². The van der Waals surface area contributed by atoms with Crippen molar-refractivity contribution in [2.75, 3.05) is 32.7 Å². The second-order valence-corrected chi connectivity index (χ2v) is 4.58. The van der Waals surface area contributed by atoms with Gasteiger partial charge in [-0.15, -0.1) is 12.4 Å². The van der Waals surface area contributed by atoms with E-state index in [0.29, 0.717) is 6.54 Å². The Balaban J connectivity index is 0.00000180. The maximum atomic E-state index is 10.5. The van der Waals surface area contributed by atoms with E-state index in [2.05, 4.69) is 14.8 Å². The quantitative estimate of drug-likeness (QED) is 0.878. The first kappa shape index (κ1) is 15.9. The zero-order chi connectivity index (χ0) is 12.8. The Bertz CT molecular complexity index is 381. The summed E-state index contributed by atoms with van der Waals surface area (Å²) in [6.45, 7) is 5.40. The molecule has 2 heterocycles. The molecule has 2 rings (SSSR count). The molecule has 0 amide bonds. The molecule has 106 valence electrons. The van der Waals surface area contributed by atoms with Crippen molar-refractivity contribution in [1.29, 1.82) is 0 Å². The highest BCUT2D eigenvalue weighted by Crippen LogP contribution is 2.06. The highest BCUT2D eigenvalue weighted by molar-refractivity contribution is 5.85. The SMILES string of the molecule is Cl.O=C(O)CCN1CCN(Cc2ccccn2)CC1. The molecule has 0 unspecified atom stereocenters. The van der Waals surface area contributed by atoms with Crippen molar-refractivity contribution in [2.24, 2.45) is 0 Å². The van der Waals surface area contributed by atoms with Gasteiger partial charge in [-0.3, -0.25) is 14.7 Å². The lowest BCUT2D eigenvalue weighted by Gasteiger charge is -2.34. The smallest absolute Gasteiger partial charge is 0.304 e. The van der Waals surface area contributed by atoms with E-state index in [4.69, 9.17) is 5.11 Å². The second-order valence-electron chi connectivity index (χ2n) is 4.58. The third-order valence-corrected chi connectivity index (χ3v) is 3.22. The van der Waals surface area contributed by atoms with Crippen molar-refractivity contribution in [2.45, 2.75) is 13.0 Å². The second kappa shape index (κ2) is 8.09. The molecular formula is C13H20ClN3O2. The third kappa shape index (κ3) is 5.55. The molecule has 19 heavy (non-hydrogen) atoms. The molecule has 0 bridgehead atoms. The van der Waals surface area contributed by atoms with Gasteiger partial charge in [0.2, 0.25) is 0 Å². The fourth-order valence-corrected chi connectivity index (χ4v) is 2.15. The summed E-state index contributed by atoms with van der Waals surface area (Å²) in [6, 6.07) is 5.97. The Morgan fingerprint density at radius 2 is 1.89 bits per heavy atom. The summed E-state index contributed by atoms with van der Waals surface area (Å²) in [5, 5.41) is 8.65. The number of carbonyl (C=O) groups is 1. The molecule has 0 saturated carbocycles. The first-order chi connectivity index (χ1) is 8.74. The van der Waals surface area contributed by atoms with Gasteiger partial charge in [-0.2, -0.15) is 0 Å². The number of pyridine rings is 1. The number of nitrogens with zero attached hydrogens (tertiary/aromatic N) is 3. The average Bonchev–Trinajstić information content (AvgIpc) is 2.39. The Morgan fingerprint density at radius 3 is 2.47 bits per heavy atom. The highest BCUT2D eigenvalue weighted by atomic mass is 35.5. The summed E-state index contributed by atoms with van der Waals surface area (Å²) in [4.78, 5) is 19.4. The number of piperazine rings is 1. The van der Waals surface area contributed by atoms with Gasteiger partial charge < -0.3 is 10.0 Å². The molecule has 1 N–H and O–H groups in total. The van der Waals surface area contributed by atoms with Gasteiger partial charge in [0.15, 0.2) is 0 Å². The molecule has 1 aliphatic rings. The van der Waals surface area contributed by atoms with Crippen LogP contribution in [0.4, 0.5) is 0 Å². The normalized spacial score (nSPS) is 16.8. The van der Waals surface area contributed by atoms with Gasteiger partial charge in [0.05, 0.1) is 12.1 Å². The van der Waals surface area contributed by atoms with Crippen molar-refractivity contribution in [3.8, 4) is 0 Å². The number of rotatable bonds is 5. The lowest BCUT2D eigenvalue weighted by molar-refractivity contribution is -0.137. The van der Waals surface area contributed by atoms with Crippen LogP contribution in [0.1, 0.15) is 12.1 Å². The molecular weight excluding hydrogens is 266 g/mol. The van der Waals surface area contributed by atoms with Crippen molar-refractivity contribution in [3.05, 3.63) is 30.1 Å². The number of aliphatic carboxylic acids is 1. The molecule has 0 aliphatic carbocycles. The molecule has 0 spiro atoms. The van der Waals surface area contributed by atoms with E-state index in [1.165, 1.54) is 0 Å². The summed E-state index contributed by atoms with van der Waals surface area (Å²) in [5.74, 6) is -0.717. The first-order valence-corrected chi connectivity index (χ1v) is 6.30. The number of halogens is 1. The van der Waals surface area contributed by atoms with Crippen LogP contribution in [0.5, 0.6) is 0 Å². The van der Waals surface area contributed by atoms with E-state index in [1.807, 2.05) is 24.4 Å². The van der Waals surface area contributed by atoms with E-state index in [9.17, 15) is 4.79 Å². The van der Waals surface area contributed by atoms with Gasteiger partial charge in [-0.05, 0) is 12.1 Å². The van der Waals surface area contributed by atoms with Crippen LogP contribution in [-0.2, 0) is 11.3 Å². The molecule has 1 fully saturated rings. The number of carboxylic acid groups (broad SMARTS) is 1. The lowest BCUT2D eigenvalue weighted by Crippen LogP contribution is -2.46. The van der Waals surface area contributed by atoms with Crippen LogP contribution in [0.25, 0.3) is 0 Å². The standard InChI is InChI=1S/C13H19N3O2.ClH/c17-13(18)4-6-15-7-9-16(10-8-15)11-12-3-1-2-5-14-12;/h1-3,5H,4,6-11H2,(H,17,18);1H. The zero-order valence-corrected chi connectivity index (χ0v) is 11.7. The van der Waals surface area contributed by atoms with Crippen molar-refractivity contribution in [1.82, 2.24) is 14.8 Å². The topological polar surface area (TPSA) is 56.7 Å². The fraction of sp³-hybridized carbons (Fsp3) is 0.538. The average molecular weight is 286 g/mol. The van der Waals surface area contributed by atoms with Gasteiger partial charge in [0.25, 0.3) is 0 Å². The van der Waals surface area contributed by atoms with Gasteiger partial charge in [0.1, 0.15) is 0 Å². The van der Waals surface area contributed by atoms with E-state index in [1.54, 1.807) is 0 Å². The summed E-state index contributed by atoms with van der Waals surface area (Å²) in [7, 11) is 0. The monoisotopic (exact) mass is 285 g/mol. The fourth-order valence-electron chi connectivity index (χ4n) is 2.15. The van der Waals surface area contributed by atoms with Crippen LogP contribution in [0.2, 0.25) is 0 Å². The minimum absolute atomic E-state index is 0. The molecule has 6 heteroatoms. The van der Waals surface area contributed by atoms with E-state index < -0.39 is 5.97 Å². The van der Waals surface area contributed by atoms with Gasteiger partial charge in [0, 0.05) is 45.5 Å². The predicted molar refractivity (Wildman–Crippen MR) is 75.5 cm³/mol. The summed E-state index contributed by atoms with van der Waals surface area (Å²) < 4.78 is 0. The minimum Gasteiger partial charge on any atom is -0.481 e. The van der Waals surface area contributed by atoms with E-state index in [-0.39, 0.29) is 18.8 Å². The number of carboxylic acids is 1. The van der Waals surface area contributed by atoms with E-state index >= 15 is 0 Å². The van der Waals surface area contributed by atoms with Crippen LogP contribution in [0.15, 0.2) is 24.4 Å². The molecule has 5 nitrogen and oxygen atoms in total. The molecule has 0 radical (unpaired) electrons. The molecule has 1 saturated heterocycles. The van der Waals surface area contributed by atoms with Gasteiger partial charge >= 0.3 is 5.97 Å². The molecule has 0 aromatic carbocycles. The van der Waals surface area contributed by atoms with Gasteiger partial charge in [-0.1, -0.05) is 6.07 Å². The maximum absolute atomic E-state index is 10.5. The molecule has 1 aromatic rings. The Hall–Kier alpha value is -1.17. The van der Waals surface area contributed by atoms with Crippen LogP contribution in [-0.4, -0.2) is 58.6 Å². The molecule has 1 aliphatic heterocycles. The number of hydrogen-bond acceptors (Lipinski definition) is 4.